The molecule has 3 rings (SSSR count). The van der Waals surface area contributed by atoms with E-state index in [9.17, 15) is 14.9 Å². The second-order valence-electron chi connectivity index (χ2n) is 9.05. The first-order chi connectivity index (χ1) is 15.4. The second-order valence-corrected chi connectivity index (χ2v) is 9.05. The molecule has 1 aromatic carbocycles. The van der Waals surface area contributed by atoms with Crippen LogP contribution < -0.4 is 5.32 Å². The largest absolute Gasteiger partial charge is 0.436 e. The van der Waals surface area contributed by atoms with Crippen molar-refractivity contribution in [1.82, 2.24) is 15.1 Å². The third-order valence-corrected chi connectivity index (χ3v) is 6.03. The Balaban J connectivity index is 1.58. The number of piperidine rings is 1. The first-order valence-corrected chi connectivity index (χ1v) is 11.4. The van der Waals surface area contributed by atoms with Gasteiger partial charge >= 0.3 is 6.09 Å². The smallest absolute Gasteiger partial charge is 0.410 e. The molecule has 2 amide bonds. The fraction of sp³-hybridized carbons (Fsp3) is 0.625. The summed E-state index contributed by atoms with van der Waals surface area (Å²) >= 11 is 0. The third kappa shape index (κ3) is 6.68. The zero-order valence-electron chi connectivity index (χ0n) is 19.1. The van der Waals surface area contributed by atoms with E-state index < -0.39 is 23.6 Å². The van der Waals surface area contributed by atoms with Gasteiger partial charge in [-0.15, -0.1) is 0 Å². The first-order valence-electron chi connectivity index (χ1n) is 11.4. The average Bonchev–Trinajstić information content (AvgIpc) is 2.81. The van der Waals surface area contributed by atoms with E-state index in [0.717, 1.165) is 6.54 Å². The van der Waals surface area contributed by atoms with Crippen molar-refractivity contribution in [2.24, 2.45) is 5.92 Å². The van der Waals surface area contributed by atoms with Crippen LogP contribution in [0.15, 0.2) is 30.3 Å². The second kappa shape index (κ2) is 11.3. The Morgan fingerprint density at radius 1 is 1.16 bits per heavy atom. The predicted octanol–water partition coefficient (Wildman–Crippen LogP) is 2.54. The summed E-state index contributed by atoms with van der Waals surface area (Å²) in [5.74, 6) is -0.229. The van der Waals surface area contributed by atoms with Crippen LogP contribution in [0.3, 0.4) is 0 Å². The molecule has 2 aliphatic heterocycles. The molecule has 0 saturated carbocycles. The van der Waals surface area contributed by atoms with Crippen molar-refractivity contribution in [3.05, 3.63) is 35.9 Å². The van der Waals surface area contributed by atoms with Gasteiger partial charge in [0.25, 0.3) is 5.91 Å². The van der Waals surface area contributed by atoms with Crippen LogP contribution in [0.4, 0.5) is 4.79 Å². The number of morpholine rings is 1. The van der Waals surface area contributed by atoms with Crippen LogP contribution in [0.2, 0.25) is 0 Å². The van der Waals surface area contributed by atoms with Crippen molar-refractivity contribution in [3.63, 3.8) is 0 Å². The minimum absolute atomic E-state index is 0.161. The first kappa shape index (κ1) is 24.0. The van der Waals surface area contributed by atoms with E-state index in [1.54, 1.807) is 4.90 Å². The average molecular weight is 443 g/mol. The van der Waals surface area contributed by atoms with Crippen molar-refractivity contribution in [2.45, 2.75) is 51.3 Å². The minimum Gasteiger partial charge on any atom is -0.436 e. The number of hydrogen-bond donors (Lipinski definition) is 1. The lowest BCUT2D eigenvalue weighted by Crippen LogP contribution is -2.57. The Morgan fingerprint density at radius 2 is 1.81 bits per heavy atom. The van der Waals surface area contributed by atoms with Gasteiger partial charge in [0.2, 0.25) is 0 Å². The zero-order valence-corrected chi connectivity index (χ0v) is 19.1. The number of amides is 2. The predicted molar refractivity (Wildman–Crippen MR) is 120 cm³/mol. The maximum Gasteiger partial charge on any atom is 0.410 e. The number of likely N-dealkylation sites (tertiary alicyclic amines) is 1. The van der Waals surface area contributed by atoms with Crippen LogP contribution in [-0.4, -0.2) is 72.8 Å². The molecule has 174 valence electrons. The number of carbonyl (C=O) groups is 2. The van der Waals surface area contributed by atoms with Crippen LogP contribution in [-0.2, 0) is 20.8 Å². The quantitative estimate of drug-likeness (QED) is 0.697. The molecular weight excluding hydrogens is 408 g/mol. The lowest BCUT2D eigenvalue weighted by atomic mass is 9.88. The van der Waals surface area contributed by atoms with E-state index in [2.05, 4.69) is 28.4 Å². The monoisotopic (exact) mass is 442 g/mol. The normalized spacial score (nSPS) is 19.8. The summed E-state index contributed by atoms with van der Waals surface area (Å²) in [7, 11) is 0. The Hall–Kier alpha value is -2.63. The number of ether oxygens (including phenoxy) is 2. The van der Waals surface area contributed by atoms with Gasteiger partial charge in [-0.1, -0.05) is 44.2 Å². The van der Waals surface area contributed by atoms with Gasteiger partial charge in [0, 0.05) is 32.7 Å². The number of nitrogens with one attached hydrogen (secondary N) is 1. The highest BCUT2D eigenvalue weighted by Gasteiger charge is 2.39. The Labute approximate surface area is 190 Å². The summed E-state index contributed by atoms with van der Waals surface area (Å²) in [4.78, 5) is 29.5. The standard InChI is InChI=1S/C24H34N4O4/c1-19(2)16-21(32-23(30)28-12-14-31-15-13-28)22(29)26-24(18-25)8-10-27(11-9-24)17-20-6-4-3-5-7-20/h3-7,19,21H,8-17H2,1-2H3,(H,26,29). The van der Waals surface area contributed by atoms with Crippen molar-refractivity contribution in [3.8, 4) is 6.07 Å². The van der Waals surface area contributed by atoms with E-state index in [1.165, 1.54) is 5.56 Å². The van der Waals surface area contributed by atoms with Gasteiger partial charge in [-0.05, 0) is 30.7 Å². The molecule has 0 spiro atoms. The Morgan fingerprint density at radius 3 is 2.41 bits per heavy atom. The summed E-state index contributed by atoms with van der Waals surface area (Å²) in [5.41, 5.74) is 0.290. The molecule has 8 nitrogen and oxygen atoms in total. The molecule has 1 N–H and O–H groups in total. The summed E-state index contributed by atoms with van der Waals surface area (Å²) in [6, 6.07) is 12.5. The maximum atomic E-state index is 13.1. The molecule has 1 aromatic rings. The molecule has 0 aromatic heterocycles. The van der Waals surface area contributed by atoms with Crippen LogP contribution >= 0.6 is 0 Å². The molecule has 0 bridgehead atoms. The molecule has 0 aliphatic carbocycles. The fourth-order valence-corrected chi connectivity index (χ4v) is 4.09. The number of rotatable bonds is 7. The van der Waals surface area contributed by atoms with E-state index in [0.29, 0.717) is 58.7 Å². The fourth-order valence-electron chi connectivity index (χ4n) is 4.09. The Kier molecular flexibility index (Phi) is 8.48. The lowest BCUT2D eigenvalue weighted by molar-refractivity contribution is -0.133. The van der Waals surface area contributed by atoms with Crippen molar-refractivity contribution < 1.29 is 19.1 Å². The van der Waals surface area contributed by atoms with Gasteiger partial charge in [-0.3, -0.25) is 9.69 Å². The molecule has 2 aliphatic rings. The Bertz CT molecular complexity index is 794. The molecule has 2 saturated heterocycles. The highest BCUT2D eigenvalue weighted by Crippen LogP contribution is 2.24. The van der Waals surface area contributed by atoms with Gasteiger partial charge < -0.3 is 19.7 Å². The highest BCUT2D eigenvalue weighted by atomic mass is 16.6. The third-order valence-electron chi connectivity index (χ3n) is 6.03. The van der Waals surface area contributed by atoms with Crippen molar-refractivity contribution in [1.29, 1.82) is 5.26 Å². The van der Waals surface area contributed by atoms with Gasteiger partial charge in [-0.2, -0.15) is 5.26 Å². The molecule has 2 heterocycles. The number of carbonyl (C=O) groups excluding carboxylic acids is 2. The number of nitrogens with zero attached hydrogens (tertiary/aromatic N) is 3. The number of benzene rings is 1. The van der Waals surface area contributed by atoms with Gasteiger partial charge in [-0.25, -0.2) is 4.79 Å². The van der Waals surface area contributed by atoms with E-state index >= 15 is 0 Å². The lowest BCUT2D eigenvalue weighted by Gasteiger charge is -2.38. The summed E-state index contributed by atoms with van der Waals surface area (Å²) in [6.07, 6.45) is 0.0569. The van der Waals surface area contributed by atoms with Gasteiger partial charge in [0.05, 0.1) is 19.3 Å². The molecule has 8 heteroatoms. The van der Waals surface area contributed by atoms with Crippen LogP contribution in [0.5, 0.6) is 0 Å². The summed E-state index contributed by atoms with van der Waals surface area (Å²) in [5, 5.41) is 12.8. The molecule has 1 atom stereocenters. The highest BCUT2D eigenvalue weighted by molar-refractivity contribution is 5.84. The van der Waals surface area contributed by atoms with E-state index in [-0.39, 0.29) is 5.92 Å². The van der Waals surface area contributed by atoms with Crippen LogP contribution in [0.25, 0.3) is 0 Å². The SMILES string of the molecule is CC(C)CC(OC(=O)N1CCOCC1)C(=O)NC1(C#N)CCN(Cc2ccccc2)CC1. The van der Waals surface area contributed by atoms with E-state index in [4.69, 9.17) is 9.47 Å². The minimum atomic E-state index is -0.940. The summed E-state index contributed by atoms with van der Waals surface area (Å²) < 4.78 is 10.9. The van der Waals surface area contributed by atoms with Crippen molar-refractivity contribution >= 4 is 12.0 Å². The molecule has 0 radical (unpaired) electrons. The molecule has 32 heavy (non-hydrogen) atoms. The zero-order chi connectivity index (χ0) is 23.0. The number of nitriles is 1. The van der Waals surface area contributed by atoms with E-state index in [1.807, 2.05) is 32.0 Å². The number of hydrogen-bond acceptors (Lipinski definition) is 6. The van der Waals surface area contributed by atoms with Gasteiger partial charge in [0.15, 0.2) is 6.10 Å². The van der Waals surface area contributed by atoms with Gasteiger partial charge in [0.1, 0.15) is 5.54 Å². The molecule has 1 unspecified atom stereocenters. The maximum absolute atomic E-state index is 13.1. The summed E-state index contributed by atoms with van der Waals surface area (Å²) in [6.45, 7) is 8.04. The van der Waals surface area contributed by atoms with Crippen LogP contribution in [0.1, 0.15) is 38.7 Å². The topological polar surface area (TPSA) is 94.9 Å². The molecule has 2 fully saturated rings. The molecular formula is C24H34N4O4. The van der Waals surface area contributed by atoms with Crippen LogP contribution in [0, 0.1) is 17.2 Å². The van der Waals surface area contributed by atoms with Crippen molar-refractivity contribution in [2.75, 3.05) is 39.4 Å².